The molecule has 6 nitrogen and oxygen atoms in total. The molecule has 0 aliphatic carbocycles. The van der Waals surface area contributed by atoms with Crippen LogP contribution in [0.5, 0.6) is 5.75 Å². The molecule has 0 heterocycles. The molecule has 0 aliphatic heterocycles. The van der Waals surface area contributed by atoms with Crippen LogP contribution in [0, 0.1) is 25.2 Å². The van der Waals surface area contributed by atoms with Gasteiger partial charge in [0.2, 0.25) is 0 Å². The van der Waals surface area contributed by atoms with Gasteiger partial charge in [-0.2, -0.15) is 5.26 Å². The monoisotopic (exact) mass is 474 g/mol. The molecule has 0 unspecified atom stereocenters. The molecule has 172 valence electrons. The summed E-state index contributed by atoms with van der Waals surface area (Å²) < 4.78 is 10.6. The van der Waals surface area contributed by atoms with Crippen LogP contribution in [-0.2, 0) is 16.1 Å². The molecule has 0 atom stereocenters. The Bertz CT molecular complexity index is 1270. The Morgan fingerprint density at radius 2 is 1.71 bits per heavy atom. The number of rotatable bonds is 7. The maximum Gasteiger partial charge on any atom is 0.337 e. The second kappa shape index (κ2) is 11.2. The molecule has 0 saturated heterocycles. The summed E-state index contributed by atoms with van der Waals surface area (Å²) in [5.74, 6) is -0.593. The number of halogens is 1. The molecule has 3 aromatic rings. The van der Waals surface area contributed by atoms with E-state index in [1.807, 2.05) is 32.0 Å². The van der Waals surface area contributed by atoms with Crippen molar-refractivity contribution in [2.45, 2.75) is 20.5 Å². The Labute approximate surface area is 203 Å². The molecule has 3 aromatic carbocycles. The van der Waals surface area contributed by atoms with Crippen molar-refractivity contribution in [2.75, 3.05) is 12.4 Å². The van der Waals surface area contributed by atoms with E-state index in [1.165, 1.54) is 25.3 Å². The summed E-state index contributed by atoms with van der Waals surface area (Å²) in [6.07, 6.45) is 1.43. The first-order chi connectivity index (χ1) is 16.3. The number of carbonyl (C=O) groups excluding carboxylic acids is 2. The molecular weight excluding hydrogens is 452 g/mol. The lowest BCUT2D eigenvalue weighted by Gasteiger charge is -2.12. The fourth-order valence-corrected chi connectivity index (χ4v) is 3.57. The first kappa shape index (κ1) is 24.6. The molecule has 0 radical (unpaired) electrons. The van der Waals surface area contributed by atoms with Gasteiger partial charge in [-0.25, -0.2) is 4.79 Å². The quantitative estimate of drug-likeness (QED) is 0.263. The number of hydrogen-bond donors (Lipinski definition) is 1. The topological polar surface area (TPSA) is 88.4 Å². The first-order valence-electron chi connectivity index (χ1n) is 10.4. The van der Waals surface area contributed by atoms with Gasteiger partial charge >= 0.3 is 5.97 Å². The van der Waals surface area contributed by atoms with E-state index in [0.717, 1.165) is 16.7 Å². The highest BCUT2D eigenvalue weighted by atomic mass is 35.5. The Kier molecular flexibility index (Phi) is 8.07. The van der Waals surface area contributed by atoms with E-state index >= 15 is 0 Å². The number of nitriles is 1. The van der Waals surface area contributed by atoms with Crippen molar-refractivity contribution in [2.24, 2.45) is 0 Å². The van der Waals surface area contributed by atoms with E-state index in [4.69, 9.17) is 16.3 Å². The molecule has 0 aliphatic rings. The van der Waals surface area contributed by atoms with Crippen LogP contribution in [0.2, 0.25) is 5.02 Å². The zero-order valence-electron chi connectivity index (χ0n) is 19.0. The molecule has 1 amide bonds. The molecule has 0 aromatic heterocycles. The van der Waals surface area contributed by atoms with Crippen molar-refractivity contribution in [3.05, 3.63) is 99.1 Å². The van der Waals surface area contributed by atoms with Gasteiger partial charge in [0.05, 0.1) is 12.7 Å². The predicted molar refractivity (Wildman–Crippen MR) is 132 cm³/mol. The van der Waals surface area contributed by atoms with Crippen LogP contribution in [0.15, 0.2) is 66.2 Å². The average molecular weight is 475 g/mol. The number of hydrogen-bond acceptors (Lipinski definition) is 5. The SMILES string of the molecule is COC(=O)c1ccc(NC(=O)/C(C#N)=C/c2cc(Cl)ccc2OCc2cc(C)cc(C)c2)cc1. The normalized spacial score (nSPS) is 10.9. The number of nitrogens with one attached hydrogen (secondary N) is 1. The van der Waals surface area contributed by atoms with Crippen molar-refractivity contribution < 1.29 is 19.1 Å². The number of carbonyl (C=O) groups is 2. The van der Waals surface area contributed by atoms with Gasteiger partial charge in [0.15, 0.2) is 0 Å². The van der Waals surface area contributed by atoms with E-state index in [2.05, 4.69) is 16.1 Å². The second-order valence-electron chi connectivity index (χ2n) is 7.66. The molecule has 0 fully saturated rings. The van der Waals surface area contributed by atoms with Crippen molar-refractivity contribution in [3.8, 4) is 11.8 Å². The first-order valence-corrected chi connectivity index (χ1v) is 10.8. The van der Waals surface area contributed by atoms with Crippen LogP contribution >= 0.6 is 11.6 Å². The minimum Gasteiger partial charge on any atom is -0.488 e. The highest BCUT2D eigenvalue weighted by molar-refractivity contribution is 6.30. The van der Waals surface area contributed by atoms with Crippen molar-refractivity contribution in [1.29, 1.82) is 5.26 Å². The molecule has 0 saturated carbocycles. The lowest BCUT2D eigenvalue weighted by atomic mass is 10.1. The standard InChI is InChI=1S/C27H23ClN2O4/c1-17-10-18(2)12-19(11-17)16-34-25-9-6-23(28)14-21(25)13-22(15-29)26(31)30-24-7-4-20(5-8-24)27(32)33-3/h4-14H,16H2,1-3H3,(H,30,31)/b22-13+. The third-order valence-corrected chi connectivity index (χ3v) is 5.11. The zero-order chi connectivity index (χ0) is 24.7. The van der Waals surface area contributed by atoms with Crippen molar-refractivity contribution in [1.82, 2.24) is 0 Å². The van der Waals surface area contributed by atoms with Crippen molar-refractivity contribution >= 4 is 35.2 Å². The Balaban J connectivity index is 1.80. The summed E-state index contributed by atoms with van der Waals surface area (Å²) in [5.41, 5.74) is 4.43. The van der Waals surface area contributed by atoms with Gasteiger partial charge in [0.25, 0.3) is 5.91 Å². The van der Waals surface area contributed by atoms with Crippen LogP contribution in [0.3, 0.4) is 0 Å². The summed E-state index contributed by atoms with van der Waals surface area (Å²) >= 11 is 6.16. The molecule has 7 heteroatoms. The van der Waals surface area contributed by atoms with E-state index in [9.17, 15) is 14.9 Å². The van der Waals surface area contributed by atoms with Crippen LogP contribution < -0.4 is 10.1 Å². The Morgan fingerprint density at radius 1 is 1.03 bits per heavy atom. The number of nitrogens with zero attached hydrogens (tertiary/aromatic N) is 1. The number of esters is 1. The van der Waals surface area contributed by atoms with Gasteiger partial charge in [-0.15, -0.1) is 0 Å². The number of methoxy groups -OCH3 is 1. The van der Waals surface area contributed by atoms with Crippen LogP contribution in [0.1, 0.15) is 32.6 Å². The van der Waals surface area contributed by atoms with E-state index < -0.39 is 11.9 Å². The van der Waals surface area contributed by atoms with Gasteiger partial charge in [-0.3, -0.25) is 4.79 Å². The van der Waals surface area contributed by atoms with Crippen molar-refractivity contribution in [3.63, 3.8) is 0 Å². The van der Waals surface area contributed by atoms with Crippen LogP contribution in [0.25, 0.3) is 6.08 Å². The Hall–Kier alpha value is -4.08. The van der Waals surface area contributed by atoms with E-state index in [1.54, 1.807) is 30.3 Å². The van der Waals surface area contributed by atoms with Gasteiger partial charge in [-0.1, -0.05) is 40.9 Å². The van der Waals surface area contributed by atoms with Crippen LogP contribution in [0.4, 0.5) is 5.69 Å². The largest absolute Gasteiger partial charge is 0.488 e. The molecular formula is C27H23ClN2O4. The fraction of sp³-hybridized carbons (Fsp3) is 0.148. The van der Waals surface area contributed by atoms with Gasteiger partial charge < -0.3 is 14.8 Å². The minimum atomic E-state index is -0.603. The number of benzene rings is 3. The predicted octanol–water partition coefficient (Wildman–Crippen LogP) is 5.87. The summed E-state index contributed by atoms with van der Waals surface area (Å²) in [6.45, 7) is 4.37. The van der Waals surface area contributed by atoms with E-state index in [0.29, 0.717) is 34.2 Å². The van der Waals surface area contributed by atoms with Crippen LogP contribution in [-0.4, -0.2) is 19.0 Å². The molecule has 34 heavy (non-hydrogen) atoms. The van der Waals surface area contributed by atoms with E-state index in [-0.39, 0.29) is 5.57 Å². The Morgan fingerprint density at radius 3 is 2.32 bits per heavy atom. The summed E-state index contributed by atoms with van der Waals surface area (Å²) in [7, 11) is 1.29. The summed E-state index contributed by atoms with van der Waals surface area (Å²) in [5, 5.41) is 12.7. The summed E-state index contributed by atoms with van der Waals surface area (Å²) in [4.78, 5) is 24.3. The molecule has 3 rings (SSSR count). The maximum absolute atomic E-state index is 12.7. The van der Waals surface area contributed by atoms with Gasteiger partial charge in [0, 0.05) is 16.3 Å². The zero-order valence-corrected chi connectivity index (χ0v) is 19.8. The smallest absolute Gasteiger partial charge is 0.337 e. The maximum atomic E-state index is 12.7. The summed E-state index contributed by atoms with van der Waals surface area (Å²) in [6, 6.07) is 19.3. The third kappa shape index (κ3) is 6.47. The number of anilines is 1. The molecule has 0 bridgehead atoms. The highest BCUT2D eigenvalue weighted by Gasteiger charge is 2.13. The number of amides is 1. The average Bonchev–Trinajstić information content (AvgIpc) is 2.81. The minimum absolute atomic E-state index is 0.129. The molecule has 0 spiro atoms. The lowest BCUT2D eigenvalue weighted by Crippen LogP contribution is -2.13. The highest BCUT2D eigenvalue weighted by Crippen LogP contribution is 2.27. The van der Waals surface area contributed by atoms with Gasteiger partial charge in [-0.05, 0) is 68.0 Å². The molecule has 1 N–H and O–H groups in total. The lowest BCUT2D eigenvalue weighted by molar-refractivity contribution is -0.112. The number of ether oxygens (including phenoxy) is 2. The van der Waals surface area contributed by atoms with Gasteiger partial charge in [0.1, 0.15) is 24.0 Å². The third-order valence-electron chi connectivity index (χ3n) is 4.88. The second-order valence-corrected chi connectivity index (χ2v) is 8.10. The fourth-order valence-electron chi connectivity index (χ4n) is 3.39. The number of aryl methyl sites for hydroxylation is 2.